The fourth-order valence-corrected chi connectivity index (χ4v) is 4.37. The Labute approximate surface area is 225 Å². The normalized spacial score (nSPS) is 13.1. The van der Waals surface area contributed by atoms with E-state index in [2.05, 4.69) is 20.9 Å². The molecule has 4 aromatic rings. The number of aromatic amines is 1. The number of carboxylic acid groups (broad SMARTS) is 1. The maximum absolute atomic E-state index is 12.5. The molecule has 2 atom stereocenters. The van der Waals surface area contributed by atoms with Crippen LogP contribution in [0.15, 0.2) is 70.4 Å². The number of hydrogen-bond donors (Lipinski definition) is 5. The Hall–Kier alpha value is -4.60. The van der Waals surface area contributed by atoms with Gasteiger partial charge in [-0.15, -0.1) is 0 Å². The molecule has 0 saturated carbocycles. The Morgan fingerprint density at radius 2 is 1.62 bits per heavy atom. The minimum absolute atomic E-state index is 0.00535. The van der Waals surface area contributed by atoms with Gasteiger partial charge in [0, 0.05) is 30.1 Å². The van der Waals surface area contributed by atoms with Crippen LogP contribution in [0, 0.1) is 0 Å². The summed E-state index contributed by atoms with van der Waals surface area (Å²) in [7, 11) is 0. The van der Waals surface area contributed by atoms with Gasteiger partial charge < -0.3 is 30.8 Å². The van der Waals surface area contributed by atoms with Crippen LogP contribution in [0.5, 0.6) is 0 Å². The predicted octanol–water partition coefficient (Wildman–Crippen LogP) is 3.42. The summed E-state index contributed by atoms with van der Waals surface area (Å²) < 4.78 is 5.38. The molecule has 0 aliphatic heterocycles. The summed E-state index contributed by atoms with van der Waals surface area (Å²) in [6.45, 7) is 5.38. The van der Waals surface area contributed by atoms with Crippen molar-refractivity contribution >= 4 is 34.3 Å². The molecule has 39 heavy (non-hydrogen) atoms. The number of aromatic nitrogens is 1. The first-order valence-electron chi connectivity index (χ1n) is 12.7. The first-order chi connectivity index (χ1) is 18.5. The van der Waals surface area contributed by atoms with Crippen LogP contribution < -0.4 is 26.8 Å². The lowest BCUT2D eigenvalue weighted by Gasteiger charge is -2.25. The zero-order valence-electron chi connectivity index (χ0n) is 22.0. The minimum Gasteiger partial charge on any atom is -0.480 e. The lowest BCUT2D eigenvalue weighted by atomic mass is 10.0. The lowest BCUT2D eigenvalue weighted by Crippen LogP contribution is -2.46. The average molecular weight is 533 g/mol. The van der Waals surface area contributed by atoms with Crippen molar-refractivity contribution in [3.63, 3.8) is 0 Å². The number of carbonyl (C=O) groups is 2. The number of hydrogen-bond acceptors (Lipinski definition) is 7. The number of para-hydroxylation sites is 1. The van der Waals surface area contributed by atoms with Gasteiger partial charge in [-0.05, 0) is 44.4 Å². The molecule has 1 amide bonds. The maximum atomic E-state index is 12.5. The van der Waals surface area contributed by atoms with Gasteiger partial charge in [-0.3, -0.25) is 9.59 Å². The standard InChI is InChI=1S/C29H32N4O6/c1-29(2,3)39-28(38)32-19(13-17-9-5-4-6-10-17)16-31-23-24(26(35)25(23)34)33-22(27(36)37)14-18-15-30-21-12-8-7-11-20(18)21/h4-12,15,19,22,30-31,33H,13-14,16H2,1-3H3,(H,32,38)(H,36,37)/t19-,22-/m0/s1. The molecule has 0 radical (unpaired) electrons. The Kier molecular flexibility index (Phi) is 8.04. The van der Waals surface area contributed by atoms with E-state index in [1.807, 2.05) is 54.6 Å². The van der Waals surface area contributed by atoms with E-state index >= 15 is 0 Å². The minimum atomic E-state index is -1.16. The molecule has 1 heterocycles. The molecule has 204 valence electrons. The molecular formula is C29H32N4O6. The smallest absolute Gasteiger partial charge is 0.407 e. The fourth-order valence-electron chi connectivity index (χ4n) is 4.37. The molecule has 4 rings (SSSR count). The van der Waals surface area contributed by atoms with Crippen LogP contribution in [-0.4, -0.2) is 46.4 Å². The first kappa shape index (κ1) is 27.4. The summed E-state index contributed by atoms with van der Waals surface area (Å²) in [6.07, 6.45) is 1.65. The number of carboxylic acids is 1. The van der Waals surface area contributed by atoms with E-state index < -0.39 is 40.6 Å². The Morgan fingerprint density at radius 1 is 0.949 bits per heavy atom. The second-order valence-corrected chi connectivity index (χ2v) is 10.4. The SMILES string of the molecule is CC(C)(C)OC(=O)N[C@H](CNc1c(N[C@@H](Cc2c[nH]c3ccccc23)C(=O)O)c(=O)c1=O)Cc1ccccc1. The zero-order chi connectivity index (χ0) is 28.2. The summed E-state index contributed by atoms with van der Waals surface area (Å²) >= 11 is 0. The monoisotopic (exact) mass is 532 g/mol. The number of ether oxygens (including phenoxy) is 1. The van der Waals surface area contributed by atoms with E-state index in [-0.39, 0.29) is 24.3 Å². The van der Waals surface area contributed by atoms with Gasteiger partial charge in [-0.25, -0.2) is 9.59 Å². The van der Waals surface area contributed by atoms with Crippen molar-refractivity contribution in [3.05, 3.63) is 92.4 Å². The molecule has 0 aliphatic rings. The van der Waals surface area contributed by atoms with Gasteiger partial charge in [0.25, 0.3) is 10.9 Å². The number of alkyl carbamates (subject to hydrolysis) is 1. The quantitative estimate of drug-likeness (QED) is 0.185. The van der Waals surface area contributed by atoms with Crippen LogP contribution in [0.1, 0.15) is 31.9 Å². The van der Waals surface area contributed by atoms with Crippen LogP contribution in [0.4, 0.5) is 16.2 Å². The van der Waals surface area contributed by atoms with E-state index in [1.165, 1.54) is 0 Å². The third-order valence-electron chi connectivity index (χ3n) is 6.20. The van der Waals surface area contributed by atoms with Crippen LogP contribution >= 0.6 is 0 Å². The molecule has 0 spiro atoms. The molecule has 0 fully saturated rings. The lowest BCUT2D eigenvalue weighted by molar-refractivity contribution is -0.137. The number of rotatable bonds is 11. The average Bonchev–Trinajstić information content (AvgIpc) is 3.29. The third kappa shape index (κ3) is 6.84. The second kappa shape index (κ2) is 11.4. The summed E-state index contributed by atoms with van der Waals surface area (Å²) in [5, 5.41) is 19.2. The van der Waals surface area contributed by atoms with Crippen molar-refractivity contribution < 1.29 is 19.4 Å². The highest BCUT2D eigenvalue weighted by atomic mass is 16.6. The van der Waals surface area contributed by atoms with E-state index in [9.17, 15) is 24.3 Å². The molecule has 3 aromatic carbocycles. The van der Waals surface area contributed by atoms with Crippen molar-refractivity contribution in [3.8, 4) is 0 Å². The van der Waals surface area contributed by atoms with Gasteiger partial charge in [0.05, 0.1) is 6.04 Å². The van der Waals surface area contributed by atoms with Crippen molar-refractivity contribution in [2.45, 2.75) is 51.3 Å². The van der Waals surface area contributed by atoms with Crippen molar-refractivity contribution in [2.24, 2.45) is 0 Å². The van der Waals surface area contributed by atoms with Gasteiger partial charge in [0.1, 0.15) is 23.0 Å². The Balaban J connectivity index is 1.49. The summed E-state index contributed by atoms with van der Waals surface area (Å²) in [5.41, 5.74) is 0.275. The molecular weight excluding hydrogens is 500 g/mol. The van der Waals surface area contributed by atoms with Gasteiger partial charge in [0.15, 0.2) is 0 Å². The molecule has 0 bridgehead atoms. The first-order valence-corrected chi connectivity index (χ1v) is 12.7. The van der Waals surface area contributed by atoms with Crippen LogP contribution in [0.3, 0.4) is 0 Å². The number of amides is 1. The number of carbonyl (C=O) groups excluding carboxylic acids is 1. The number of anilines is 2. The molecule has 10 nitrogen and oxygen atoms in total. The van der Waals surface area contributed by atoms with Gasteiger partial charge in [-0.1, -0.05) is 48.5 Å². The van der Waals surface area contributed by atoms with E-state index in [4.69, 9.17) is 4.74 Å². The van der Waals surface area contributed by atoms with E-state index in [1.54, 1.807) is 27.0 Å². The van der Waals surface area contributed by atoms with Gasteiger partial charge in [0.2, 0.25) is 0 Å². The summed E-state index contributed by atoms with van der Waals surface area (Å²) in [5.74, 6) is -1.16. The van der Waals surface area contributed by atoms with Gasteiger partial charge >= 0.3 is 12.1 Å². The number of aliphatic carboxylic acids is 1. The van der Waals surface area contributed by atoms with E-state index in [0.717, 1.165) is 22.0 Å². The second-order valence-electron chi connectivity index (χ2n) is 10.4. The third-order valence-corrected chi connectivity index (χ3v) is 6.20. The number of nitrogens with one attached hydrogen (secondary N) is 4. The maximum Gasteiger partial charge on any atom is 0.407 e. The zero-order valence-corrected chi connectivity index (χ0v) is 22.0. The predicted molar refractivity (Wildman–Crippen MR) is 150 cm³/mol. The molecule has 0 unspecified atom stereocenters. The fraction of sp³-hybridized carbons (Fsp3) is 0.310. The number of fused-ring (bicyclic) bond motifs is 1. The molecule has 5 N–H and O–H groups in total. The molecule has 1 aromatic heterocycles. The Morgan fingerprint density at radius 3 is 2.31 bits per heavy atom. The topological polar surface area (TPSA) is 150 Å². The van der Waals surface area contributed by atoms with E-state index in [0.29, 0.717) is 6.42 Å². The molecule has 10 heteroatoms. The highest BCUT2D eigenvalue weighted by Crippen LogP contribution is 2.22. The molecule has 0 saturated heterocycles. The highest BCUT2D eigenvalue weighted by Gasteiger charge is 2.28. The van der Waals surface area contributed by atoms with Crippen LogP contribution in [0.25, 0.3) is 10.9 Å². The summed E-state index contributed by atoms with van der Waals surface area (Å²) in [6, 6.07) is 15.3. The van der Waals surface area contributed by atoms with Gasteiger partial charge in [-0.2, -0.15) is 0 Å². The number of benzene rings is 2. The highest BCUT2D eigenvalue weighted by molar-refractivity contribution is 5.86. The number of H-pyrrole nitrogens is 1. The largest absolute Gasteiger partial charge is 0.480 e. The van der Waals surface area contributed by atoms with Crippen molar-refractivity contribution in [1.82, 2.24) is 10.3 Å². The van der Waals surface area contributed by atoms with Crippen LogP contribution in [0.2, 0.25) is 0 Å². The van der Waals surface area contributed by atoms with Crippen LogP contribution in [-0.2, 0) is 22.4 Å². The van der Waals surface area contributed by atoms with Crippen molar-refractivity contribution in [1.29, 1.82) is 0 Å². The Bertz CT molecular complexity index is 1530. The van der Waals surface area contributed by atoms with Crippen molar-refractivity contribution in [2.75, 3.05) is 17.2 Å². The molecule has 0 aliphatic carbocycles. The summed E-state index contributed by atoms with van der Waals surface area (Å²) in [4.78, 5) is 52.5.